The molecule has 4 nitrogen and oxygen atoms in total. The third kappa shape index (κ3) is 3.51. The molecular formula is C17H24N4. The van der Waals surface area contributed by atoms with Gasteiger partial charge in [0.05, 0.1) is 5.69 Å². The minimum Gasteiger partial charge on any atom is -0.378 e. The largest absolute Gasteiger partial charge is 0.378 e. The van der Waals surface area contributed by atoms with E-state index in [2.05, 4.69) is 60.2 Å². The molecule has 0 radical (unpaired) electrons. The average Bonchev–Trinajstić information content (AvgIpc) is 2.46. The van der Waals surface area contributed by atoms with Gasteiger partial charge in [0.1, 0.15) is 11.6 Å². The molecule has 2 aromatic rings. The summed E-state index contributed by atoms with van der Waals surface area (Å²) in [7, 11) is 5.96. The minimum absolute atomic E-state index is 0.0782. The molecule has 0 unspecified atom stereocenters. The Morgan fingerprint density at radius 2 is 1.62 bits per heavy atom. The van der Waals surface area contributed by atoms with Crippen molar-refractivity contribution in [3.63, 3.8) is 0 Å². The number of rotatable bonds is 3. The zero-order chi connectivity index (χ0) is 15.6. The highest BCUT2D eigenvalue weighted by Crippen LogP contribution is 2.26. The summed E-state index contributed by atoms with van der Waals surface area (Å²) < 4.78 is 0. The lowest BCUT2D eigenvalue weighted by Gasteiger charge is -2.19. The first-order chi connectivity index (χ1) is 9.81. The van der Waals surface area contributed by atoms with E-state index in [1.165, 1.54) is 5.69 Å². The summed E-state index contributed by atoms with van der Waals surface area (Å²) in [4.78, 5) is 11.4. The van der Waals surface area contributed by atoms with E-state index >= 15 is 0 Å². The van der Waals surface area contributed by atoms with Crippen LogP contribution in [0.4, 0.5) is 11.5 Å². The summed E-state index contributed by atoms with van der Waals surface area (Å²) in [6.07, 6.45) is 0. The Hall–Kier alpha value is -2.10. The molecule has 4 heteroatoms. The van der Waals surface area contributed by atoms with E-state index in [0.717, 1.165) is 22.9 Å². The van der Waals surface area contributed by atoms with Crippen LogP contribution < -0.4 is 10.2 Å². The van der Waals surface area contributed by atoms with E-state index < -0.39 is 0 Å². The fraction of sp³-hybridized carbons (Fsp3) is 0.412. The van der Waals surface area contributed by atoms with E-state index in [1.807, 2.05) is 27.2 Å². The van der Waals surface area contributed by atoms with Gasteiger partial charge in [-0.15, -0.1) is 0 Å². The van der Waals surface area contributed by atoms with Crippen molar-refractivity contribution >= 4 is 11.5 Å². The Morgan fingerprint density at radius 1 is 1.00 bits per heavy atom. The molecule has 2 rings (SSSR count). The van der Waals surface area contributed by atoms with Gasteiger partial charge in [0, 0.05) is 43.9 Å². The van der Waals surface area contributed by atoms with Crippen molar-refractivity contribution in [1.29, 1.82) is 0 Å². The van der Waals surface area contributed by atoms with Crippen molar-refractivity contribution in [2.75, 3.05) is 31.4 Å². The number of hydrogen-bond acceptors (Lipinski definition) is 4. The Balaban J connectivity index is 2.47. The summed E-state index contributed by atoms with van der Waals surface area (Å²) in [5.74, 6) is 1.70. The van der Waals surface area contributed by atoms with Crippen LogP contribution in [0.15, 0.2) is 30.3 Å². The van der Waals surface area contributed by atoms with E-state index in [-0.39, 0.29) is 5.41 Å². The second kappa shape index (κ2) is 5.72. The third-order valence-corrected chi connectivity index (χ3v) is 3.33. The Kier molecular flexibility index (Phi) is 4.16. The molecule has 0 aliphatic heterocycles. The van der Waals surface area contributed by atoms with Crippen molar-refractivity contribution in [2.24, 2.45) is 0 Å². The zero-order valence-corrected chi connectivity index (χ0v) is 13.7. The predicted octanol–water partition coefficient (Wildman–Crippen LogP) is 3.55. The summed E-state index contributed by atoms with van der Waals surface area (Å²) in [6.45, 7) is 6.38. The first-order valence-electron chi connectivity index (χ1n) is 7.16. The van der Waals surface area contributed by atoms with Crippen LogP contribution in [0.3, 0.4) is 0 Å². The van der Waals surface area contributed by atoms with E-state index in [1.54, 1.807) is 0 Å². The Morgan fingerprint density at radius 3 is 2.10 bits per heavy atom. The SMILES string of the molecule is CNc1cc(-c2ccc(N(C)C)cc2)nc(C(C)(C)C)n1. The molecule has 0 saturated carbocycles. The molecular weight excluding hydrogens is 260 g/mol. The first kappa shape index (κ1) is 15.3. The van der Waals surface area contributed by atoms with E-state index in [0.29, 0.717) is 0 Å². The lowest BCUT2D eigenvalue weighted by Crippen LogP contribution is -2.17. The lowest BCUT2D eigenvalue weighted by atomic mass is 9.95. The molecule has 0 spiro atoms. The molecule has 21 heavy (non-hydrogen) atoms. The quantitative estimate of drug-likeness (QED) is 0.936. The van der Waals surface area contributed by atoms with Crippen LogP contribution >= 0.6 is 0 Å². The van der Waals surface area contributed by atoms with Gasteiger partial charge in [-0.2, -0.15) is 0 Å². The van der Waals surface area contributed by atoms with Gasteiger partial charge in [-0.25, -0.2) is 9.97 Å². The molecule has 0 fully saturated rings. The van der Waals surface area contributed by atoms with Gasteiger partial charge in [0.2, 0.25) is 0 Å². The second-order valence-electron chi connectivity index (χ2n) is 6.40. The number of hydrogen-bond donors (Lipinski definition) is 1. The molecule has 1 N–H and O–H groups in total. The maximum Gasteiger partial charge on any atom is 0.136 e. The highest BCUT2D eigenvalue weighted by atomic mass is 15.1. The Labute approximate surface area is 127 Å². The zero-order valence-electron chi connectivity index (χ0n) is 13.7. The highest BCUT2D eigenvalue weighted by molar-refractivity contribution is 5.65. The topological polar surface area (TPSA) is 41.0 Å². The molecule has 0 atom stereocenters. The molecule has 112 valence electrons. The summed E-state index contributed by atoms with van der Waals surface area (Å²) in [5.41, 5.74) is 3.15. The van der Waals surface area contributed by atoms with E-state index in [9.17, 15) is 0 Å². The third-order valence-electron chi connectivity index (χ3n) is 3.33. The number of nitrogens with zero attached hydrogens (tertiary/aromatic N) is 3. The van der Waals surface area contributed by atoms with Crippen molar-refractivity contribution in [3.05, 3.63) is 36.2 Å². The first-order valence-corrected chi connectivity index (χ1v) is 7.16. The molecule has 1 heterocycles. The Bertz CT molecular complexity index is 610. The number of nitrogens with one attached hydrogen (secondary N) is 1. The maximum absolute atomic E-state index is 4.73. The summed E-state index contributed by atoms with van der Waals surface area (Å²) >= 11 is 0. The fourth-order valence-corrected chi connectivity index (χ4v) is 1.99. The van der Waals surface area contributed by atoms with Crippen LogP contribution in [0.2, 0.25) is 0 Å². The van der Waals surface area contributed by atoms with Gasteiger partial charge in [0.25, 0.3) is 0 Å². The van der Waals surface area contributed by atoms with Crippen LogP contribution in [0, 0.1) is 0 Å². The number of benzene rings is 1. The predicted molar refractivity (Wildman–Crippen MR) is 90.0 cm³/mol. The molecule has 0 aliphatic rings. The van der Waals surface area contributed by atoms with Crippen LogP contribution in [-0.4, -0.2) is 31.1 Å². The normalized spacial score (nSPS) is 11.3. The van der Waals surface area contributed by atoms with Crippen molar-refractivity contribution in [1.82, 2.24) is 9.97 Å². The molecule has 0 saturated heterocycles. The van der Waals surface area contributed by atoms with Gasteiger partial charge in [-0.05, 0) is 12.1 Å². The van der Waals surface area contributed by atoms with Crippen LogP contribution in [0.5, 0.6) is 0 Å². The second-order valence-corrected chi connectivity index (χ2v) is 6.40. The summed E-state index contributed by atoms with van der Waals surface area (Å²) in [6, 6.07) is 10.4. The van der Waals surface area contributed by atoms with Gasteiger partial charge < -0.3 is 10.2 Å². The minimum atomic E-state index is -0.0782. The number of anilines is 2. The molecule has 0 amide bonds. The van der Waals surface area contributed by atoms with Gasteiger partial charge in [-0.3, -0.25) is 0 Å². The van der Waals surface area contributed by atoms with E-state index in [4.69, 9.17) is 4.98 Å². The molecule has 0 bridgehead atoms. The summed E-state index contributed by atoms with van der Waals surface area (Å²) in [5, 5.41) is 3.12. The molecule has 1 aromatic carbocycles. The maximum atomic E-state index is 4.73. The van der Waals surface area contributed by atoms with Crippen molar-refractivity contribution < 1.29 is 0 Å². The standard InChI is InChI=1S/C17H24N4/c1-17(2,3)16-19-14(11-15(18-4)20-16)12-7-9-13(10-8-12)21(5)6/h7-11H,1-6H3,(H,18,19,20). The highest BCUT2D eigenvalue weighted by Gasteiger charge is 2.19. The van der Waals surface area contributed by atoms with Gasteiger partial charge in [-0.1, -0.05) is 32.9 Å². The smallest absolute Gasteiger partial charge is 0.136 e. The molecule has 0 aliphatic carbocycles. The van der Waals surface area contributed by atoms with Crippen LogP contribution in [-0.2, 0) is 5.41 Å². The number of aromatic nitrogens is 2. The fourth-order valence-electron chi connectivity index (χ4n) is 1.99. The van der Waals surface area contributed by atoms with Crippen molar-refractivity contribution in [3.8, 4) is 11.3 Å². The van der Waals surface area contributed by atoms with Gasteiger partial charge in [0.15, 0.2) is 0 Å². The van der Waals surface area contributed by atoms with Crippen molar-refractivity contribution in [2.45, 2.75) is 26.2 Å². The monoisotopic (exact) mass is 284 g/mol. The van der Waals surface area contributed by atoms with Gasteiger partial charge >= 0.3 is 0 Å². The molecule has 1 aromatic heterocycles. The van der Waals surface area contributed by atoms with Crippen LogP contribution in [0.25, 0.3) is 11.3 Å². The average molecular weight is 284 g/mol. The van der Waals surface area contributed by atoms with Crippen LogP contribution in [0.1, 0.15) is 26.6 Å². The lowest BCUT2D eigenvalue weighted by molar-refractivity contribution is 0.547.